The highest BCUT2D eigenvalue weighted by atomic mass is 79.9. The SMILES string of the molecule is Brc1ccc(N(c2ccc3c4ccccc4n(-c4ccccc4)c3c2)c2cc3ccccc3c3ccccc23)cc1. The molecule has 2 nitrogen and oxygen atoms in total. The van der Waals surface area contributed by atoms with Gasteiger partial charge in [-0.15, -0.1) is 0 Å². The van der Waals surface area contributed by atoms with Crippen LogP contribution in [0.1, 0.15) is 0 Å². The minimum absolute atomic E-state index is 1.06. The van der Waals surface area contributed by atoms with Crippen LogP contribution in [0.5, 0.6) is 0 Å². The van der Waals surface area contributed by atoms with Crippen LogP contribution in [-0.4, -0.2) is 4.57 Å². The topological polar surface area (TPSA) is 8.17 Å². The lowest BCUT2D eigenvalue weighted by Crippen LogP contribution is -2.11. The van der Waals surface area contributed by atoms with Crippen LogP contribution in [0.3, 0.4) is 0 Å². The Morgan fingerprint density at radius 3 is 1.85 bits per heavy atom. The lowest BCUT2D eigenvalue weighted by molar-refractivity contribution is 1.18. The highest BCUT2D eigenvalue weighted by Crippen LogP contribution is 2.44. The Kier molecular flexibility index (Phi) is 5.65. The number of anilines is 3. The second kappa shape index (κ2) is 9.65. The molecule has 0 aliphatic rings. The molecule has 1 aromatic heterocycles. The number of aromatic nitrogens is 1. The average Bonchev–Trinajstić information content (AvgIpc) is 3.36. The lowest BCUT2D eigenvalue weighted by atomic mass is 9.99. The summed E-state index contributed by atoms with van der Waals surface area (Å²) in [6.07, 6.45) is 0. The van der Waals surface area contributed by atoms with Gasteiger partial charge in [0, 0.05) is 37.7 Å². The highest BCUT2D eigenvalue weighted by Gasteiger charge is 2.20. The largest absolute Gasteiger partial charge is 0.310 e. The van der Waals surface area contributed by atoms with Crippen molar-refractivity contribution in [3.63, 3.8) is 0 Å². The van der Waals surface area contributed by atoms with E-state index in [9.17, 15) is 0 Å². The summed E-state index contributed by atoms with van der Waals surface area (Å²) in [6.45, 7) is 0. The monoisotopic (exact) mass is 588 g/mol. The molecule has 194 valence electrons. The van der Waals surface area contributed by atoms with Gasteiger partial charge in [-0.25, -0.2) is 0 Å². The maximum Gasteiger partial charge on any atom is 0.0561 e. The zero-order chi connectivity index (χ0) is 27.3. The number of hydrogen-bond donors (Lipinski definition) is 0. The molecule has 8 rings (SSSR count). The number of fused-ring (bicyclic) bond motifs is 6. The molecule has 1 heterocycles. The molecule has 0 spiro atoms. The smallest absolute Gasteiger partial charge is 0.0561 e. The van der Waals surface area contributed by atoms with Crippen LogP contribution in [0.4, 0.5) is 17.1 Å². The first-order valence-electron chi connectivity index (χ1n) is 13.8. The molecule has 0 radical (unpaired) electrons. The van der Waals surface area contributed by atoms with Crippen LogP contribution < -0.4 is 4.90 Å². The summed E-state index contributed by atoms with van der Waals surface area (Å²) in [5, 5.41) is 7.46. The maximum absolute atomic E-state index is 3.65. The van der Waals surface area contributed by atoms with Crippen LogP contribution in [-0.2, 0) is 0 Å². The third-order valence-corrected chi connectivity index (χ3v) is 8.53. The van der Waals surface area contributed by atoms with E-state index in [4.69, 9.17) is 0 Å². The Balaban J connectivity index is 1.46. The van der Waals surface area contributed by atoms with Crippen molar-refractivity contribution in [2.24, 2.45) is 0 Å². The molecule has 0 N–H and O–H groups in total. The van der Waals surface area contributed by atoms with E-state index in [1.165, 1.54) is 43.4 Å². The molecule has 7 aromatic carbocycles. The van der Waals surface area contributed by atoms with Crippen LogP contribution in [0, 0.1) is 0 Å². The fraction of sp³-hybridized carbons (Fsp3) is 0. The fourth-order valence-corrected chi connectivity index (χ4v) is 6.45. The molecular formula is C38H25BrN2. The molecular weight excluding hydrogens is 564 g/mol. The third-order valence-electron chi connectivity index (χ3n) is 8.00. The second-order valence-electron chi connectivity index (χ2n) is 10.4. The van der Waals surface area contributed by atoms with Gasteiger partial charge in [0.2, 0.25) is 0 Å². The van der Waals surface area contributed by atoms with Crippen molar-refractivity contribution in [1.82, 2.24) is 4.57 Å². The molecule has 0 amide bonds. The number of halogens is 1. The molecule has 0 saturated heterocycles. The number of rotatable bonds is 4. The van der Waals surface area contributed by atoms with Crippen LogP contribution in [0.2, 0.25) is 0 Å². The van der Waals surface area contributed by atoms with E-state index in [2.05, 4.69) is 177 Å². The van der Waals surface area contributed by atoms with Gasteiger partial charge in [0.25, 0.3) is 0 Å². The fourth-order valence-electron chi connectivity index (χ4n) is 6.19. The van der Waals surface area contributed by atoms with E-state index >= 15 is 0 Å². The van der Waals surface area contributed by atoms with Crippen LogP contribution in [0.15, 0.2) is 156 Å². The molecule has 3 heteroatoms. The Morgan fingerprint density at radius 1 is 0.439 bits per heavy atom. The van der Waals surface area contributed by atoms with E-state index in [1.807, 2.05) is 0 Å². The third kappa shape index (κ3) is 3.93. The normalized spacial score (nSPS) is 11.5. The minimum Gasteiger partial charge on any atom is -0.310 e. The number of para-hydroxylation sites is 2. The molecule has 0 atom stereocenters. The van der Waals surface area contributed by atoms with Crippen LogP contribution in [0.25, 0.3) is 49.0 Å². The Hall–Kier alpha value is -4.86. The molecule has 8 aromatic rings. The zero-order valence-electron chi connectivity index (χ0n) is 22.2. The van der Waals surface area contributed by atoms with Gasteiger partial charge in [-0.3, -0.25) is 0 Å². The first kappa shape index (κ1) is 24.0. The predicted octanol–water partition coefficient (Wildman–Crippen LogP) is 11.3. The number of hydrogen-bond acceptors (Lipinski definition) is 1. The van der Waals surface area contributed by atoms with Gasteiger partial charge in [0.1, 0.15) is 0 Å². The molecule has 0 unspecified atom stereocenters. The Labute approximate surface area is 246 Å². The average molecular weight is 590 g/mol. The Morgan fingerprint density at radius 2 is 1.05 bits per heavy atom. The summed E-state index contributed by atoms with van der Waals surface area (Å²) < 4.78 is 3.44. The van der Waals surface area contributed by atoms with Crippen molar-refractivity contribution in [3.05, 3.63) is 156 Å². The quantitative estimate of drug-likeness (QED) is 0.185. The first-order valence-corrected chi connectivity index (χ1v) is 14.6. The van der Waals surface area contributed by atoms with Crippen molar-refractivity contribution in [2.45, 2.75) is 0 Å². The zero-order valence-corrected chi connectivity index (χ0v) is 23.8. The van der Waals surface area contributed by atoms with Crippen molar-refractivity contribution in [2.75, 3.05) is 4.90 Å². The second-order valence-corrected chi connectivity index (χ2v) is 11.3. The van der Waals surface area contributed by atoms with Crippen LogP contribution >= 0.6 is 15.9 Å². The van der Waals surface area contributed by atoms with Gasteiger partial charge >= 0.3 is 0 Å². The lowest BCUT2D eigenvalue weighted by Gasteiger charge is -2.28. The van der Waals surface area contributed by atoms with E-state index < -0.39 is 0 Å². The summed E-state index contributed by atoms with van der Waals surface area (Å²) in [4.78, 5) is 2.40. The Bertz CT molecular complexity index is 2210. The van der Waals surface area contributed by atoms with E-state index in [0.717, 1.165) is 27.2 Å². The van der Waals surface area contributed by atoms with Gasteiger partial charge in [-0.2, -0.15) is 0 Å². The molecule has 0 aliphatic carbocycles. The predicted molar refractivity (Wildman–Crippen MR) is 178 cm³/mol. The van der Waals surface area contributed by atoms with Crippen molar-refractivity contribution in [3.8, 4) is 5.69 Å². The number of nitrogens with zero attached hydrogens (tertiary/aromatic N) is 2. The van der Waals surface area contributed by atoms with E-state index in [0.29, 0.717) is 0 Å². The minimum atomic E-state index is 1.06. The van der Waals surface area contributed by atoms with Gasteiger partial charge in [-0.05, 0) is 76.8 Å². The van der Waals surface area contributed by atoms with Gasteiger partial charge in [0.05, 0.1) is 16.7 Å². The molecule has 41 heavy (non-hydrogen) atoms. The summed E-state index contributed by atoms with van der Waals surface area (Å²) in [5.74, 6) is 0. The van der Waals surface area contributed by atoms with E-state index in [-0.39, 0.29) is 0 Å². The van der Waals surface area contributed by atoms with Crippen molar-refractivity contribution >= 4 is 76.3 Å². The highest BCUT2D eigenvalue weighted by molar-refractivity contribution is 9.10. The van der Waals surface area contributed by atoms with Gasteiger partial charge < -0.3 is 9.47 Å². The van der Waals surface area contributed by atoms with Crippen molar-refractivity contribution in [1.29, 1.82) is 0 Å². The van der Waals surface area contributed by atoms with Crippen molar-refractivity contribution < 1.29 is 0 Å². The number of benzene rings is 7. The summed E-state index contributed by atoms with van der Waals surface area (Å²) in [5.41, 5.74) is 6.92. The summed E-state index contributed by atoms with van der Waals surface area (Å²) in [6, 6.07) is 54.6. The maximum atomic E-state index is 3.65. The van der Waals surface area contributed by atoms with Gasteiger partial charge in [-0.1, -0.05) is 107 Å². The summed E-state index contributed by atoms with van der Waals surface area (Å²) in [7, 11) is 0. The summed E-state index contributed by atoms with van der Waals surface area (Å²) >= 11 is 3.65. The molecule has 0 saturated carbocycles. The molecule has 0 bridgehead atoms. The van der Waals surface area contributed by atoms with E-state index in [1.54, 1.807) is 0 Å². The standard InChI is InChI=1S/C38H25BrN2/c39-27-18-20-29(21-19-27)40(37-24-26-10-4-5-13-31(26)32-14-6-7-15-33(32)37)30-22-23-35-34-16-8-9-17-36(34)41(38(35)25-30)28-11-2-1-3-12-28/h1-25H. The molecule has 0 aliphatic heterocycles. The molecule has 0 fully saturated rings. The van der Waals surface area contributed by atoms with Gasteiger partial charge in [0.15, 0.2) is 0 Å². The first-order chi connectivity index (χ1) is 20.3.